The Hall–Kier alpha value is -0.860. The van der Waals surface area contributed by atoms with Crippen molar-refractivity contribution in [2.24, 2.45) is 11.8 Å². The van der Waals surface area contributed by atoms with Gasteiger partial charge >= 0.3 is 0 Å². The Morgan fingerprint density at radius 2 is 1.55 bits per heavy atom. The highest BCUT2D eigenvalue weighted by molar-refractivity contribution is 5.14. The third kappa shape index (κ3) is 4.32. The van der Waals surface area contributed by atoms with Crippen molar-refractivity contribution in [3.8, 4) is 0 Å². The van der Waals surface area contributed by atoms with Gasteiger partial charge in [0, 0.05) is 12.6 Å². The van der Waals surface area contributed by atoms with Crippen molar-refractivity contribution in [1.29, 1.82) is 0 Å². The monoisotopic (exact) mass is 275 g/mol. The van der Waals surface area contributed by atoms with Crippen molar-refractivity contribution < 1.29 is 4.74 Å². The molecule has 20 heavy (non-hydrogen) atoms. The first-order valence-corrected chi connectivity index (χ1v) is 7.99. The van der Waals surface area contributed by atoms with Gasteiger partial charge in [-0.1, -0.05) is 58.0 Å². The summed E-state index contributed by atoms with van der Waals surface area (Å²) in [6, 6.07) is 11.2. The van der Waals surface area contributed by atoms with E-state index < -0.39 is 0 Å². The van der Waals surface area contributed by atoms with E-state index in [0.717, 1.165) is 19.4 Å². The minimum atomic E-state index is 0.393. The maximum atomic E-state index is 6.25. The van der Waals surface area contributed by atoms with Gasteiger partial charge in [0.15, 0.2) is 0 Å². The lowest BCUT2D eigenvalue weighted by Crippen LogP contribution is -2.46. The molecule has 0 amide bonds. The van der Waals surface area contributed by atoms with Gasteiger partial charge in [0.1, 0.15) is 0 Å². The molecule has 1 aromatic carbocycles. The van der Waals surface area contributed by atoms with E-state index >= 15 is 0 Å². The van der Waals surface area contributed by atoms with Crippen LogP contribution in [0.2, 0.25) is 0 Å². The average molecular weight is 275 g/mol. The maximum Gasteiger partial charge on any atom is 0.0616 e. The molecule has 1 saturated heterocycles. The van der Waals surface area contributed by atoms with Crippen molar-refractivity contribution in [3.63, 3.8) is 0 Å². The van der Waals surface area contributed by atoms with Crippen molar-refractivity contribution >= 4 is 0 Å². The molecule has 1 aromatic rings. The average Bonchev–Trinajstić information content (AvgIpc) is 2.45. The molecule has 2 unspecified atom stereocenters. The number of ether oxygens (including phenoxy) is 1. The first-order valence-electron chi connectivity index (χ1n) is 7.99. The fourth-order valence-electron chi connectivity index (χ4n) is 2.88. The van der Waals surface area contributed by atoms with E-state index in [1.165, 1.54) is 5.56 Å². The van der Waals surface area contributed by atoms with E-state index in [0.29, 0.717) is 30.1 Å². The highest BCUT2D eigenvalue weighted by Crippen LogP contribution is 2.28. The van der Waals surface area contributed by atoms with Crippen LogP contribution in [0.4, 0.5) is 0 Å². The zero-order valence-corrected chi connectivity index (χ0v) is 13.3. The van der Waals surface area contributed by atoms with Crippen LogP contribution in [0, 0.1) is 11.8 Å². The van der Waals surface area contributed by atoms with Crippen LogP contribution in [0.15, 0.2) is 30.3 Å². The van der Waals surface area contributed by atoms with E-state index in [1.807, 2.05) is 0 Å². The smallest absolute Gasteiger partial charge is 0.0616 e. The zero-order chi connectivity index (χ0) is 14.5. The molecule has 1 fully saturated rings. The molecule has 1 heterocycles. The third-order valence-electron chi connectivity index (χ3n) is 4.31. The fraction of sp³-hybridized carbons (Fsp3) is 0.667. The van der Waals surface area contributed by atoms with E-state index in [-0.39, 0.29) is 0 Å². The molecule has 112 valence electrons. The maximum absolute atomic E-state index is 6.25. The first kappa shape index (κ1) is 15.5. The van der Waals surface area contributed by atoms with Crippen LogP contribution in [0.5, 0.6) is 0 Å². The predicted octanol–water partition coefficient (Wildman–Crippen LogP) is 4.00. The summed E-state index contributed by atoms with van der Waals surface area (Å²) >= 11 is 0. The summed E-state index contributed by atoms with van der Waals surface area (Å²) in [7, 11) is 0. The van der Waals surface area contributed by atoms with Gasteiger partial charge in [0.2, 0.25) is 0 Å². The summed E-state index contributed by atoms with van der Waals surface area (Å²) in [5.41, 5.74) is 1.36. The lowest BCUT2D eigenvalue weighted by atomic mass is 9.88. The Morgan fingerprint density at radius 1 is 1.00 bits per heavy atom. The van der Waals surface area contributed by atoms with Gasteiger partial charge in [-0.05, 0) is 30.2 Å². The second-order valence-electron chi connectivity index (χ2n) is 6.74. The van der Waals surface area contributed by atoms with Crippen LogP contribution in [0.1, 0.15) is 46.1 Å². The van der Waals surface area contributed by atoms with Gasteiger partial charge in [-0.2, -0.15) is 0 Å². The molecule has 1 aliphatic rings. The Labute approximate surface area is 123 Å². The molecule has 0 aromatic heterocycles. The SMILES string of the molecule is CC(C)C1CC(NCc2ccccc2)CC(C(C)C)O1. The lowest BCUT2D eigenvalue weighted by Gasteiger charge is -2.39. The van der Waals surface area contributed by atoms with Gasteiger partial charge in [-0.25, -0.2) is 0 Å². The van der Waals surface area contributed by atoms with Gasteiger partial charge < -0.3 is 10.1 Å². The Balaban J connectivity index is 1.92. The summed E-state index contributed by atoms with van der Waals surface area (Å²) in [5, 5.41) is 3.73. The van der Waals surface area contributed by atoms with Gasteiger partial charge in [0.25, 0.3) is 0 Å². The number of nitrogens with one attached hydrogen (secondary N) is 1. The van der Waals surface area contributed by atoms with E-state index in [1.54, 1.807) is 0 Å². The zero-order valence-electron chi connectivity index (χ0n) is 13.3. The quantitative estimate of drug-likeness (QED) is 0.877. The summed E-state index contributed by atoms with van der Waals surface area (Å²) in [5.74, 6) is 1.19. The normalized spacial score (nSPS) is 27.2. The predicted molar refractivity (Wildman–Crippen MR) is 84.6 cm³/mol. The van der Waals surface area contributed by atoms with Crippen molar-refractivity contribution in [1.82, 2.24) is 5.32 Å². The Kier molecular flexibility index (Phi) is 5.62. The molecule has 1 aliphatic heterocycles. The summed E-state index contributed by atoms with van der Waals surface area (Å²) in [6.07, 6.45) is 3.05. The topological polar surface area (TPSA) is 21.3 Å². The van der Waals surface area contributed by atoms with Crippen LogP contribution in [0.3, 0.4) is 0 Å². The third-order valence-corrected chi connectivity index (χ3v) is 4.31. The van der Waals surface area contributed by atoms with Crippen LogP contribution >= 0.6 is 0 Å². The molecular weight excluding hydrogens is 246 g/mol. The fourth-order valence-corrected chi connectivity index (χ4v) is 2.88. The van der Waals surface area contributed by atoms with Gasteiger partial charge in [-0.15, -0.1) is 0 Å². The molecule has 2 atom stereocenters. The van der Waals surface area contributed by atoms with Crippen molar-refractivity contribution in [2.75, 3.05) is 0 Å². The summed E-state index contributed by atoms with van der Waals surface area (Å²) in [6.45, 7) is 10.0. The van der Waals surface area contributed by atoms with Gasteiger partial charge in [0.05, 0.1) is 12.2 Å². The van der Waals surface area contributed by atoms with E-state index in [2.05, 4.69) is 63.3 Å². The number of hydrogen-bond donors (Lipinski definition) is 1. The van der Waals surface area contributed by atoms with Gasteiger partial charge in [-0.3, -0.25) is 0 Å². The van der Waals surface area contributed by atoms with E-state index in [4.69, 9.17) is 4.74 Å². The molecule has 1 N–H and O–H groups in total. The van der Waals surface area contributed by atoms with Crippen LogP contribution in [-0.4, -0.2) is 18.2 Å². The number of rotatable bonds is 5. The summed E-state index contributed by atoms with van der Waals surface area (Å²) in [4.78, 5) is 0. The molecule has 0 saturated carbocycles. The minimum Gasteiger partial charge on any atom is -0.374 e. The van der Waals surface area contributed by atoms with Crippen molar-refractivity contribution in [2.45, 2.75) is 65.3 Å². The minimum absolute atomic E-state index is 0.393. The molecule has 0 spiro atoms. The van der Waals surface area contributed by atoms with Crippen LogP contribution in [0.25, 0.3) is 0 Å². The van der Waals surface area contributed by atoms with Crippen molar-refractivity contribution in [3.05, 3.63) is 35.9 Å². The molecule has 0 bridgehead atoms. The molecule has 0 radical (unpaired) electrons. The second kappa shape index (κ2) is 7.24. The first-order chi connectivity index (χ1) is 9.56. The molecule has 2 heteroatoms. The van der Waals surface area contributed by atoms with Crippen LogP contribution in [-0.2, 0) is 11.3 Å². The Morgan fingerprint density at radius 3 is 2.05 bits per heavy atom. The number of benzene rings is 1. The highest BCUT2D eigenvalue weighted by atomic mass is 16.5. The molecule has 0 aliphatic carbocycles. The largest absolute Gasteiger partial charge is 0.374 e. The van der Waals surface area contributed by atoms with Crippen LogP contribution < -0.4 is 5.32 Å². The molecular formula is C18H29NO. The lowest BCUT2D eigenvalue weighted by molar-refractivity contribution is -0.0995. The Bertz CT molecular complexity index is 372. The molecule has 2 nitrogen and oxygen atoms in total. The van der Waals surface area contributed by atoms with E-state index in [9.17, 15) is 0 Å². The standard InChI is InChI=1S/C18H29NO/c1-13(2)17-10-16(11-18(20-17)14(3)4)19-12-15-8-6-5-7-9-15/h5-9,13-14,16-19H,10-12H2,1-4H3. The summed E-state index contributed by atoms with van der Waals surface area (Å²) < 4.78 is 6.25. The highest BCUT2D eigenvalue weighted by Gasteiger charge is 2.32. The second-order valence-corrected chi connectivity index (χ2v) is 6.74. The number of hydrogen-bond acceptors (Lipinski definition) is 2. The molecule has 2 rings (SSSR count).